The van der Waals surface area contributed by atoms with Crippen LogP contribution in [0.15, 0.2) is 42.5 Å². The highest BCUT2D eigenvalue weighted by Gasteiger charge is 2.22. The molecule has 1 saturated heterocycles. The lowest BCUT2D eigenvalue weighted by Crippen LogP contribution is -2.50. The van der Waals surface area contributed by atoms with E-state index in [1.165, 1.54) is 12.1 Å². The summed E-state index contributed by atoms with van der Waals surface area (Å²) in [5, 5.41) is 2.80. The summed E-state index contributed by atoms with van der Waals surface area (Å²) in [4.78, 5) is 16.3. The van der Waals surface area contributed by atoms with E-state index in [1.807, 2.05) is 18.2 Å². The first-order valence-electron chi connectivity index (χ1n) is 8.65. The minimum atomic E-state index is -0.323. The van der Waals surface area contributed by atoms with Crippen molar-refractivity contribution in [2.75, 3.05) is 49.6 Å². The first kappa shape index (κ1) is 16.5. The van der Waals surface area contributed by atoms with E-state index in [-0.39, 0.29) is 11.8 Å². The first-order valence-corrected chi connectivity index (χ1v) is 8.65. The maximum absolute atomic E-state index is 12.9. The average Bonchev–Trinajstić information content (AvgIpc) is 2.69. The molecule has 0 spiro atoms. The van der Waals surface area contributed by atoms with Gasteiger partial charge in [0.2, 0.25) is 0 Å². The third kappa shape index (κ3) is 3.51. The number of carbonyl (C=O) groups is 1. The molecular formula is C19H20FN3O3. The lowest BCUT2D eigenvalue weighted by Gasteiger charge is -2.36. The van der Waals surface area contributed by atoms with E-state index in [4.69, 9.17) is 9.47 Å². The Balaban J connectivity index is 1.35. The van der Waals surface area contributed by atoms with Crippen molar-refractivity contribution in [3.05, 3.63) is 48.3 Å². The van der Waals surface area contributed by atoms with Gasteiger partial charge in [0.1, 0.15) is 19.0 Å². The van der Waals surface area contributed by atoms with Crippen molar-refractivity contribution < 1.29 is 18.7 Å². The molecule has 2 aromatic carbocycles. The van der Waals surface area contributed by atoms with Gasteiger partial charge in [-0.1, -0.05) is 0 Å². The highest BCUT2D eigenvalue weighted by molar-refractivity contribution is 5.89. The van der Waals surface area contributed by atoms with Crippen LogP contribution in [0.2, 0.25) is 0 Å². The van der Waals surface area contributed by atoms with Gasteiger partial charge in [-0.2, -0.15) is 0 Å². The number of hydrogen-bond donors (Lipinski definition) is 1. The Hall–Kier alpha value is -2.96. The molecule has 0 bridgehead atoms. The van der Waals surface area contributed by atoms with Crippen LogP contribution < -0.4 is 19.7 Å². The van der Waals surface area contributed by atoms with E-state index in [2.05, 4.69) is 10.2 Å². The van der Waals surface area contributed by atoms with Gasteiger partial charge in [0, 0.05) is 43.6 Å². The van der Waals surface area contributed by atoms with Crippen LogP contribution in [-0.2, 0) is 0 Å². The van der Waals surface area contributed by atoms with Gasteiger partial charge in [-0.15, -0.1) is 0 Å². The van der Waals surface area contributed by atoms with Crippen LogP contribution in [0.1, 0.15) is 0 Å². The predicted molar refractivity (Wildman–Crippen MR) is 96.6 cm³/mol. The summed E-state index contributed by atoms with van der Waals surface area (Å²) in [6, 6.07) is 11.5. The van der Waals surface area contributed by atoms with E-state index >= 15 is 0 Å². The smallest absolute Gasteiger partial charge is 0.321 e. The highest BCUT2D eigenvalue weighted by atomic mass is 19.1. The monoisotopic (exact) mass is 357 g/mol. The number of halogens is 1. The van der Waals surface area contributed by atoms with Gasteiger partial charge >= 0.3 is 6.03 Å². The van der Waals surface area contributed by atoms with Crippen LogP contribution >= 0.6 is 0 Å². The number of ether oxygens (including phenoxy) is 2. The van der Waals surface area contributed by atoms with Gasteiger partial charge in [0.15, 0.2) is 11.5 Å². The van der Waals surface area contributed by atoms with Gasteiger partial charge in [-0.05, 0) is 36.4 Å². The van der Waals surface area contributed by atoms with Gasteiger partial charge in [-0.3, -0.25) is 0 Å². The highest BCUT2D eigenvalue weighted by Crippen LogP contribution is 2.34. The molecule has 0 aromatic heterocycles. The molecule has 2 aromatic rings. The number of piperazine rings is 1. The van der Waals surface area contributed by atoms with E-state index < -0.39 is 0 Å². The first-order chi connectivity index (χ1) is 12.7. The lowest BCUT2D eigenvalue weighted by atomic mass is 10.2. The summed E-state index contributed by atoms with van der Waals surface area (Å²) >= 11 is 0. The SMILES string of the molecule is O=C(Nc1ccc(F)cc1)N1CCN(c2ccc3c(c2)OCCO3)CC1. The van der Waals surface area contributed by atoms with E-state index in [1.54, 1.807) is 17.0 Å². The molecule has 1 fully saturated rings. The number of amides is 2. The number of carbonyl (C=O) groups excluding carboxylic acids is 1. The molecule has 0 radical (unpaired) electrons. The number of hydrogen-bond acceptors (Lipinski definition) is 4. The summed E-state index contributed by atoms with van der Waals surface area (Å²) in [7, 11) is 0. The zero-order valence-electron chi connectivity index (χ0n) is 14.3. The quantitative estimate of drug-likeness (QED) is 0.898. The summed E-state index contributed by atoms with van der Waals surface area (Å²) in [6.07, 6.45) is 0. The Kier molecular flexibility index (Phi) is 4.51. The summed E-state index contributed by atoms with van der Waals surface area (Å²) in [5.74, 6) is 1.22. The summed E-state index contributed by atoms with van der Waals surface area (Å²) in [5.41, 5.74) is 1.65. The standard InChI is InChI=1S/C19H20FN3O3/c20-14-1-3-15(4-2-14)21-19(24)23-9-7-22(8-10-23)16-5-6-17-18(13-16)26-12-11-25-17/h1-6,13H,7-12H2,(H,21,24). The zero-order chi connectivity index (χ0) is 17.9. The van der Waals surface area contributed by atoms with E-state index in [9.17, 15) is 9.18 Å². The van der Waals surface area contributed by atoms with E-state index in [0.717, 1.165) is 30.3 Å². The lowest BCUT2D eigenvalue weighted by molar-refractivity contribution is 0.171. The molecule has 4 rings (SSSR count). The van der Waals surface area contributed by atoms with Crippen LogP contribution in [-0.4, -0.2) is 50.3 Å². The Morgan fingerprint density at radius 2 is 1.62 bits per heavy atom. The summed E-state index contributed by atoms with van der Waals surface area (Å²) in [6.45, 7) is 3.83. The second kappa shape index (κ2) is 7.11. The van der Waals surface area contributed by atoms with Crippen molar-refractivity contribution in [2.45, 2.75) is 0 Å². The van der Waals surface area contributed by atoms with Crippen LogP contribution in [0.4, 0.5) is 20.6 Å². The van der Waals surface area contributed by atoms with Crippen molar-refractivity contribution in [3.8, 4) is 11.5 Å². The van der Waals surface area contributed by atoms with Gasteiger partial charge in [0.05, 0.1) is 0 Å². The number of benzene rings is 2. The minimum Gasteiger partial charge on any atom is -0.486 e. The Morgan fingerprint density at radius 1 is 0.923 bits per heavy atom. The summed E-state index contributed by atoms with van der Waals surface area (Å²) < 4.78 is 24.1. The van der Waals surface area contributed by atoms with Crippen molar-refractivity contribution in [3.63, 3.8) is 0 Å². The van der Waals surface area contributed by atoms with Crippen LogP contribution in [0.5, 0.6) is 11.5 Å². The van der Waals surface area contributed by atoms with Crippen LogP contribution in [0, 0.1) is 5.82 Å². The number of anilines is 2. The van der Waals surface area contributed by atoms with Crippen molar-refractivity contribution in [2.24, 2.45) is 0 Å². The molecule has 6 nitrogen and oxygen atoms in total. The zero-order valence-corrected chi connectivity index (χ0v) is 14.3. The van der Waals surface area contributed by atoms with Gasteiger partial charge in [-0.25, -0.2) is 9.18 Å². The molecule has 0 saturated carbocycles. The number of urea groups is 1. The molecule has 0 atom stereocenters. The maximum Gasteiger partial charge on any atom is 0.321 e. The topological polar surface area (TPSA) is 54.0 Å². The minimum absolute atomic E-state index is 0.168. The average molecular weight is 357 g/mol. The fourth-order valence-corrected chi connectivity index (χ4v) is 3.13. The molecule has 26 heavy (non-hydrogen) atoms. The van der Waals surface area contributed by atoms with Gasteiger partial charge < -0.3 is 24.6 Å². The Morgan fingerprint density at radius 3 is 2.35 bits per heavy atom. The number of nitrogens with zero attached hydrogens (tertiary/aromatic N) is 2. The van der Waals surface area contributed by atoms with Crippen molar-refractivity contribution >= 4 is 17.4 Å². The van der Waals surface area contributed by atoms with E-state index in [0.29, 0.717) is 32.0 Å². The molecular weight excluding hydrogens is 337 g/mol. The Bertz CT molecular complexity index is 789. The van der Waals surface area contributed by atoms with Crippen molar-refractivity contribution in [1.82, 2.24) is 4.90 Å². The van der Waals surface area contributed by atoms with Crippen LogP contribution in [0.3, 0.4) is 0 Å². The molecule has 2 heterocycles. The molecule has 2 amide bonds. The second-order valence-corrected chi connectivity index (χ2v) is 6.24. The fraction of sp³-hybridized carbons (Fsp3) is 0.316. The second-order valence-electron chi connectivity index (χ2n) is 6.24. The number of fused-ring (bicyclic) bond motifs is 1. The Labute approximate surface area is 151 Å². The maximum atomic E-state index is 12.9. The number of rotatable bonds is 2. The molecule has 1 N–H and O–H groups in total. The molecule has 136 valence electrons. The fourth-order valence-electron chi connectivity index (χ4n) is 3.13. The largest absolute Gasteiger partial charge is 0.486 e. The predicted octanol–water partition coefficient (Wildman–Crippen LogP) is 2.95. The normalized spacial score (nSPS) is 16.3. The molecule has 2 aliphatic rings. The van der Waals surface area contributed by atoms with Crippen molar-refractivity contribution in [1.29, 1.82) is 0 Å². The molecule has 0 aliphatic carbocycles. The number of nitrogens with one attached hydrogen (secondary N) is 1. The molecule has 0 unspecified atom stereocenters. The van der Waals surface area contributed by atoms with Gasteiger partial charge in [0.25, 0.3) is 0 Å². The molecule has 2 aliphatic heterocycles. The third-order valence-corrected chi connectivity index (χ3v) is 4.55. The molecule has 7 heteroatoms. The van der Waals surface area contributed by atoms with Crippen LogP contribution in [0.25, 0.3) is 0 Å². The third-order valence-electron chi connectivity index (χ3n) is 4.55.